The van der Waals surface area contributed by atoms with Crippen molar-refractivity contribution >= 4 is 28.3 Å². The quantitative estimate of drug-likeness (QED) is 0.567. The number of nitrogens with zero attached hydrogens (tertiary/aromatic N) is 4. The Morgan fingerprint density at radius 3 is 2.71 bits per heavy atom. The highest BCUT2D eigenvalue weighted by atomic mass is 32.1. The zero-order valence-electron chi connectivity index (χ0n) is 15.2. The van der Waals surface area contributed by atoms with Crippen LogP contribution < -0.4 is 5.32 Å². The lowest BCUT2D eigenvalue weighted by atomic mass is 10.1. The zero-order chi connectivity index (χ0) is 18.9. The number of thiophene rings is 1. The van der Waals surface area contributed by atoms with Gasteiger partial charge in [-0.25, -0.2) is 9.97 Å². The van der Waals surface area contributed by atoms with E-state index in [2.05, 4.69) is 26.4 Å². The number of nitrogens with one attached hydrogen (secondary N) is 1. The van der Waals surface area contributed by atoms with Gasteiger partial charge in [0.1, 0.15) is 0 Å². The molecule has 0 aliphatic heterocycles. The lowest BCUT2D eigenvalue weighted by Crippen LogP contribution is -2.33. The second-order valence-electron chi connectivity index (χ2n) is 6.94. The second-order valence-corrected chi connectivity index (χ2v) is 7.89. The van der Waals surface area contributed by atoms with Gasteiger partial charge in [0.2, 0.25) is 0 Å². The third-order valence-electron chi connectivity index (χ3n) is 5.13. The molecule has 0 saturated heterocycles. The van der Waals surface area contributed by atoms with Gasteiger partial charge in [-0.3, -0.25) is 4.79 Å². The first-order chi connectivity index (χ1) is 13.8. The van der Waals surface area contributed by atoms with Crippen molar-refractivity contribution in [1.82, 2.24) is 25.1 Å². The van der Waals surface area contributed by atoms with E-state index in [4.69, 9.17) is 0 Å². The molecule has 0 spiro atoms. The first-order valence-corrected chi connectivity index (χ1v) is 10.3. The standard InChI is InChI=1S/C21H19N5OS/c27-21(24-14-6-1-2-7-14)19-18-15(16-8-5-13-28-16)10-12-23-20(18)26(25-19)17-9-3-4-11-22-17/h3-5,8-14H,1-2,6-7H2,(H,24,27). The third-order valence-corrected chi connectivity index (χ3v) is 6.03. The average Bonchev–Trinajstić information content (AvgIpc) is 3.49. The van der Waals surface area contributed by atoms with Crippen molar-refractivity contribution in [1.29, 1.82) is 0 Å². The van der Waals surface area contributed by atoms with Crippen molar-refractivity contribution in [2.45, 2.75) is 31.7 Å². The molecule has 1 aliphatic rings. The summed E-state index contributed by atoms with van der Waals surface area (Å²) in [4.78, 5) is 23.2. The molecule has 4 aromatic rings. The Bertz CT molecular complexity index is 1110. The number of fused-ring (bicyclic) bond motifs is 1. The van der Waals surface area contributed by atoms with E-state index in [1.807, 2.05) is 35.7 Å². The molecule has 28 heavy (non-hydrogen) atoms. The number of rotatable bonds is 4. The maximum absolute atomic E-state index is 13.1. The molecule has 0 atom stereocenters. The topological polar surface area (TPSA) is 72.7 Å². The molecule has 0 aromatic carbocycles. The molecule has 7 heteroatoms. The Balaban J connectivity index is 1.70. The van der Waals surface area contributed by atoms with Crippen LogP contribution in [0.3, 0.4) is 0 Å². The molecule has 4 aromatic heterocycles. The molecule has 1 fully saturated rings. The summed E-state index contributed by atoms with van der Waals surface area (Å²) in [6, 6.07) is 11.9. The van der Waals surface area contributed by atoms with Gasteiger partial charge in [-0.1, -0.05) is 25.0 Å². The first-order valence-electron chi connectivity index (χ1n) is 9.45. The van der Waals surface area contributed by atoms with E-state index in [0.29, 0.717) is 17.2 Å². The van der Waals surface area contributed by atoms with Crippen LogP contribution >= 0.6 is 11.3 Å². The number of hydrogen-bond donors (Lipinski definition) is 1. The third kappa shape index (κ3) is 2.97. The minimum absolute atomic E-state index is 0.141. The number of amides is 1. The van der Waals surface area contributed by atoms with Gasteiger partial charge < -0.3 is 5.32 Å². The van der Waals surface area contributed by atoms with Gasteiger partial charge in [0, 0.05) is 28.9 Å². The Labute approximate surface area is 166 Å². The fourth-order valence-electron chi connectivity index (χ4n) is 3.80. The molecule has 1 saturated carbocycles. The zero-order valence-corrected chi connectivity index (χ0v) is 16.0. The van der Waals surface area contributed by atoms with E-state index in [9.17, 15) is 4.79 Å². The summed E-state index contributed by atoms with van der Waals surface area (Å²) >= 11 is 1.64. The lowest BCUT2D eigenvalue weighted by molar-refractivity contribution is 0.0934. The van der Waals surface area contributed by atoms with Crippen LogP contribution in [0.25, 0.3) is 27.3 Å². The van der Waals surface area contributed by atoms with Crippen molar-refractivity contribution in [3.63, 3.8) is 0 Å². The van der Waals surface area contributed by atoms with E-state index in [1.54, 1.807) is 28.4 Å². The van der Waals surface area contributed by atoms with Crippen LogP contribution in [0.4, 0.5) is 0 Å². The van der Waals surface area contributed by atoms with Gasteiger partial charge >= 0.3 is 0 Å². The number of carbonyl (C=O) groups excluding carboxylic acids is 1. The normalized spacial score (nSPS) is 14.6. The maximum atomic E-state index is 13.1. The molecule has 4 heterocycles. The number of hydrogen-bond acceptors (Lipinski definition) is 5. The predicted octanol–water partition coefficient (Wildman–Crippen LogP) is 4.22. The highest BCUT2D eigenvalue weighted by molar-refractivity contribution is 7.13. The average molecular weight is 389 g/mol. The van der Waals surface area contributed by atoms with E-state index in [1.165, 1.54) is 0 Å². The van der Waals surface area contributed by atoms with Gasteiger partial charge in [0.25, 0.3) is 5.91 Å². The molecular formula is C21H19N5OS. The minimum atomic E-state index is -0.141. The van der Waals surface area contributed by atoms with E-state index >= 15 is 0 Å². The van der Waals surface area contributed by atoms with Gasteiger partial charge in [-0.15, -0.1) is 11.3 Å². The summed E-state index contributed by atoms with van der Waals surface area (Å²) in [5, 5.41) is 10.6. The number of carbonyl (C=O) groups is 1. The van der Waals surface area contributed by atoms with Crippen LogP contribution in [-0.4, -0.2) is 31.7 Å². The van der Waals surface area contributed by atoms with Crippen molar-refractivity contribution in [2.24, 2.45) is 0 Å². The number of pyridine rings is 2. The molecule has 1 amide bonds. The Kier molecular flexibility index (Phi) is 4.37. The summed E-state index contributed by atoms with van der Waals surface area (Å²) in [5.41, 5.74) is 2.02. The molecular weight excluding hydrogens is 370 g/mol. The van der Waals surface area contributed by atoms with Crippen molar-refractivity contribution in [2.75, 3.05) is 0 Å². The van der Waals surface area contributed by atoms with Gasteiger partial charge in [0.15, 0.2) is 17.2 Å². The fraction of sp³-hybridized carbons (Fsp3) is 0.238. The largest absolute Gasteiger partial charge is 0.348 e. The van der Waals surface area contributed by atoms with Crippen LogP contribution in [-0.2, 0) is 0 Å². The summed E-state index contributed by atoms with van der Waals surface area (Å²) in [7, 11) is 0. The van der Waals surface area contributed by atoms with Crippen LogP contribution in [0.15, 0.2) is 54.2 Å². The Morgan fingerprint density at radius 1 is 1.07 bits per heavy atom. The molecule has 6 nitrogen and oxygen atoms in total. The molecule has 0 bridgehead atoms. The van der Waals surface area contributed by atoms with Crippen LogP contribution in [0.5, 0.6) is 0 Å². The molecule has 1 N–H and O–H groups in total. The van der Waals surface area contributed by atoms with Crippen LogP contribution in [0, 0.1) is 0 Å². The van der Waals surface area contributed by atoms with Crippen LogP contribution in [0.1, 0.15) is 36.2 Å². The lowest BCUT2D eigenvalue weighted by Gasteiger charge is -2.10. The summed E-state index contributed by atoms with van der Waals surface area (Å²) in [6.07, 6.45) is 7.86. The fourth-order valence-corrected chi connectivity index (χ4v) is 4.56. The highest BCUT2D eigenvalue weighted by Gasteiger charge is 2.25. The first kappa shape index (κ1) is 17.1. The molecule has 0 unspecified atom stereocenters. The van der Waals surface area contributed by atoms with Gasteiger partial charge in [-0.05, 0) is 42.5 Å². The second kappa shape index (κ2) is 7.16. The Hall–Kier alpha value is -3.06. The van der Waals surface area contributed by atoms with E-state index in [0.717, 1.165) is 41.5 Å². The van der Waals surface area contributed by atoms with Crippen molar-refractivity contribution in [3.05, 3.63) is 59.9 Å². The molecule has 5 rings (SSSR count). The summed E-state index contributed by atoms with van der Waals surface area (Å²) < 4.78 is 1.66. The predicted molar refractivity (Wildman–Crippen MR) is 110 cm³/mol. The maximum Gasteiger partial charge on any atom is 0.272 e. The van der Waals surface area contributed by atoms with Gasteiger partial charge in [-0.2, -0.15) is 9.78 Å². The molecule has 1 aliphatic carbocycles. The monoisotopic (exact) mass is 389 g/mol. The molecule has 140 valence electrons. The molecule has 0 radical (unpaired) electrons. The smallest absolute Gasteiger partial charge is 0.272 e. The van der Waals surface area contributed by atoms with Crippen LogP contribution in [0.2, 0.25) is 0 Å². The van der Waals surface area contributed by atoms with Crippen molar-refractivity contribution in [3.8, 4) is 16.3 Å². The Morgan fingerprint density at radius 2 is 1.96 bits per heavy atom. The summed E-state index contributed by atoms with van der Waals surface area (Å²) in [6.45, 7) is 0. The number of aromatic nitrogens is 4. The van der Waals surface area contributed by atoms with E-state index < -0.39 is 0 Å². The highest BCUT2D eigenvalue weighted by Crippen LogP contribution is 2.34. The summed E-state index contributed by atoms with van der Waals surface area (Å²) in [5.74, 6) is 0.501. The van der Waals surface area contributed by atoms with Crippen molar-refractivity contribution < 1.29 is 4.79 Å². The SMILES string of the molecule is O=C(NC1CCCC1)c1nn(-c2ccccn2)c2nccc(-c3cccs3)c12. The van der Waals surface area contributed by atoms with E-state index in [-0.39, 0.29) is 11.9 Å². The van der Waals surface area contributed by atoms with Gasteiger partial charge in [0.05, 0.1) is 5.39 Å². The minimum Gasteiger partial charge on any atom is -0.348 e.